The Morgan fingerprint density at radius 1 is 0.357 bits per heavy atom. The van der Waals surface area contributed by atoms with Gasteiger partial charge in [-0.1, -0.05) is 224 Å². The van der Waals surface area contributed by atoms with Crippen LogP contribution >= 0.6 is 0 Å². The van der Waals surface area contributed by atoms with Gasteiger partial charge in [-0.3, -0.25) is 0 Å². The summed E-state index contributed by atoms with van der Waals surface area (Å²) in [7, 11) is 0. The lowest BCUT2D eigenvalue weighted by Crippen LogP contribution is -2.60. The molecular formula is C55H39B. The number of hydrogen-bond donors (Lipinski definition) is 0. The van der Waals surface area contributed by atoms with Crippen LogP contribution in [0.5, 0.6) is 0 Å². The Morgan fingerprint density at radius 3 is 1.45 bits per heavy atom. The third kappa shape index (κ3) is 4.87. The van der Waals surface area contributed by atoms with E-state index in [2.05, 4.69) is 214 Å². The topological polar surface area (TPSA) is 0 Å². The van der Waals surface area contributed by atoms with Gasteiger partial charge in [0.15, 0.2) is 0 Å². The lowest BCUT2D eigenvalue weighted by Gasteiger charge is -2.40. The monoisotopic (exact) mass is 710 g/mol. The molecule has 10 aromatic rings. The molecule has 1 heterocycles. The molecule has 0 saturated heterocycles. The average molecular weight is 711 g/mol. The highest BCUT2D eigenvalue weighted by atomic mass is 14.4. The van der Waals surface area contributed by atoms with Crippen LogP contribution in [-0.2, 0) is 5.41 Å². The van der Waals surface area contributed by atoms with Gasteiger partial charge in [0.05, 0.1) is 0 Å². The average Bonchev–Trinajstić information content (AvgIpc) is 3.26. The zero-order chi connectivity index (χ0) is 37.4. The predicted molar refractivity (Wildman–Crippen MR) is 242 cm³/mol. The largest absolute Gasteiger partial charge is 0.242 e. The quantitative estimate of drug-likeness (QED) is 0.123. The highest BCUT2D eigenvalue weighted by Crippen LogP contribution is 2.49. The van der Waals surface area contributed by atoms with Crippen LogP contribution in [0.15, 0.2) is 200 Å². The van der Waals surface area contributed by atoms with Gasteiger partial charge in [-0.2, -0.15) is 0 Å². The first kappa shape index (κ1) is 32.7. The van der Waals surface area contributed by atoms with Gasteiger partial charge in [0, 0.05) is 5.41 Å². The maximum Gasteiger partial charge on any atom is 0.242 e. The number of hydrogen-bond acceptors (Lipinski definition) is 0. The Balaban J connectivity index is 1.29. The van der Waals surface area contributed by atoms with Gasteiger partial charge in [-0.05, 0) is 94.0 Å². The molecule has 0 saturated carbocycles. The fraction of sp³-hybridized carbons (Fsp3) is 0.0545. The van der Waals surface area contributed by atoms with Gasteiger partial charge in [-0.15, -0.1) is 0 Å². The third-order valence-electron chi connectivity index (χ3n) is 12.5. The molecule has 0 nitrogen and oxygen atoms in total. The molecule has 10 aromatic carbocycles. The standard InChI is InChI=1S/C55H39B/c1-55(2)49-28-16-17-29-50(49)56(39-22-10-5-11-23-39)51-34-38-30-31-44-47(42-26-14-12-24-40(42)36-18-6-3-7-19-36)35-48(45-32-33-46(54(51)55)52(38)53(44)45)43-27-15-13-25-41(43)37-20-8-4-9-21-37/h3-35H,1-2H3. The van der Waals surface area contributed by atoms with Crippen molar-refractivity contribution in [2.24, 2.45) is 0 Å². The SMILES string of the molecule is CC1(C)c2ccccc2B(c2ccccc2)c2cc3ccc4c(-c5ccccc5-c5ccccc5)cc(-c5ccccc5-c5ccccc5)c5ccc(c21)c3c45. The molecule has 0 bridgehead atoms. The molecule has 0 aliphatic carbocycles. The molecule has 0 N–H and O–H groups in total. The molecule has 0 atom stereocenters. The Bertz CT molecular complexity index is 2980. The molecule has 0 radical (unpaired) electrons. The Labute approximate surface area is 329 Å². The molecule has 0 fully saturated rings. The highest BCUT2D eigenvalue weighted by Gasteiger charge is 2.41. The lowest BCUT2D eigenvalue weighted by atomic mass is 9.31. The van der Waals surface area contributed by atoms with Crippen molar-refractivity contribution >= 4 is 55.4 Å². The molecule has 1 aliphatic heterocycles. The predicted octanol–water partition coefficient (Wildman–Crippen LogP) is 12.4. The summed E-state index contributed by atoms with van der Waals surface area (Å²) in [6.45, 7) is 5.02. The molecule has 1 aliphatic rings. The molecule has 0 amide bonds. The molecule has 1 heteroatoms. The molecule has 0 aromatic heterocycles. The van der Waals surface area contributed by atoms with E-state index >= 15 is 0 Å². The first-order valence-corrected chi connectivity index (χ1v) is 19.8. The van der Waals surface area contributed by atoms with Crippen LogP contribution in [0, 0.1) is 0 Å². The molecule has 11 rings (SSSR count). The summed E-state index contributed by atoms with van der Waals surface area (Å²) in [5.74, 6) is 0. The fourth-order valence-electron chi connectivity index (χ4n) is 10.2. The van der Waals surface area contributed by atoms with Crippen LogP contribution in [-0.4, -0.2) is 6.71 Å². The summed E-state index contributed by atoms with van der Waals surface area (Å²) >= 11 is 0. The first-order chi connectivity index (χ1) is 27.6. The molecule has 0 unspecified atom stereocenters. The number of fused-ring (bicyclic) bond motifs is 3. The summed E-state index contributed by atoms with van der Waals surface area (Å²) in [5.41, 5.74) is 16.7. The van der Waals surface area contributed by atoms with E-state index < -0.39 is 0 Å². The first-order valence-electron chi connectivity index (χ1n) is 19.8. The zero-order valence-electron chi connectivity index (χ0n) is 31.6. The van der Waals surface area contributed by atoms with Crippen molar-refractivity contribution < 1.29 is 0 Å². The van der Waals surface area contributed by atoms with Gasteiger partial charge >= 0.3 is 0 Å². The van der Waals surface area contributed by atoms with Crippen LogP contribution in [0.4, 0.5) is 0 Å². The minimum absolute atomic E-state index is 0.152. The lowest BCUT2D eigenvalue weighted by molar-refractivity contribution is 0.652. The number of rotatable bonds is 5. The maximum atomic E-state index is 2.54. The van der Waals surface area contributed by atoms with E-state index in [-0.39, 0.29) is 12.1 Å². The van der Waals surface area contributed by atoms with E-state index in [0.717, 1.165) is 0 Å². The maximum absolute atomic E-state index is 2.54. The van der Waals surface area contributed by atoms with Crippen molar-refractivity contribution in [1.82, 2.24) is 0 Å². The van der Waals surface area contributed by atoms with E-state index in [9.17, 15) is 0 Å². The second kappa shape index (κ2) is 12.7. The van der Waals surface area contributed by atoms with Crippen molar-refractivity contribution in [3.63, 3.8) is 0 Å². The minimum atomic E-state index is -0.203. The summed E-state index contributed by atoms with van der Waals surface area (Å²) < 4.78 is 0. The Kier molecular flexibility index (Phi) is 7.41. The molecule has 56 heavy (non-hydrogen) atoms. The zero-order valence-corrected chi connectivity index (χ0v) is 31.6. The molecular weight excluding hydrogens is 671 g/mol. The summed E-state index contributed by atoms with van der Waals surface area (Å²) in [5, 5.41) is 7.92. The van der Waals surface area contributed by atoms with E-state index in [1.165, 1.54) is 104 Å². The Morgan fingerprint density at radius 2 is 0.839 bits per heavy atom. The summed E-state index contributed by atoms with van der Waals surface area (Å²) in [4.78, 5) is 0. The van der Waals surface area contributed by atoms with Crippen molar-refractivity contribution in [3.8, 4) is 44.5 Å². The van der Waals surface area contributed by atoms with Crippen LogP contribution in [0.3, 0.4) is 0 Å². The number of benzene rings is 10. The van der Waals surface area contributed by atoms with Crippen LogP contribution < -0.4 is 16.4 Å². The molecule has 0 spiro atoms. The van der Waals surface area contributed by atoms with E-state index in [4.69, 9.17) is 0 Å². The van der Waals surface area contributed by atoms with Crippen molar-refractivity contribution in [2.45, 2.75) is 19.3 Å². The van der Waals surface area contributed by atoms with Gasteiger partial charge in [0.25, 0.3) is 0 Å². The highest BCUT2D eigenvalue weighted by molar-refractivity contribution is 6.96. The van der Waals surface area contributed by atoms with Crippen molar-refractivity contribution in [2.75, 3.05) is 0 Å². The second-order valence-electron chi connectivity index (χ2n) is 15.9. The van der Waals surface area contributed by atoms with Crippen LogP contribution in [0.25, 0.3) is 76.8 Å². The van der Waals surface area contributed by atoms with Crippen molar-refractivity contribution in [3.05, 3.63) is 211 Å². The third-order valence-corrected chi connectivity index (χ3v) is 12.5. The van der Waals surface area contributed by atoms with Gasteiger partial charge in [0.1, 0.15) is 0 Å². The fourth-order valence-corrected chi connectivity index (χ4v) is 10.2. The van der Waals surface area contributed by atoms with Crippen LogP contribution in [0.2, 0.25) is 0 Å². The normalized spacial score (nSPS) is 13.3. The minimum Gasteiger partial charge on any atom is -0.0686 e. The van der Waals surface area contributed by atoms with Gasteiger partial charge < -0.3 is 0 Å². The summed E-state index contributed by atoms with van der Waals surface area (Å²) in [6, 6.07) is 74.6. The van der Waals surface area contributed by atoms with Crippen molar-refractivity contribution in [1.29, 1.82) is 0 Å². The second-order valence-corrected chi connectivity index (χ2v) is 15.9. The van der Waals surface area contributed by atoms with Gasteiger partial charge in [0.2, 0.25) is 6.71 Å². The molecule has 262 valence electrons. The van der Waals surface area contributed by atoms with E-state index in [1.54, 1.807) is 0 Å². The summed E-state index contributed by atoms with van der Waals surface area (Å²) in [6.07, 6.45) is 0. The van der Waals surface area contributed by atoms with E-state index in [1.807, 2.05) is 0 Å². The Hall–Kier alpha value is -6.70. The van der Waals surface area contributed by atoms with Gasteiger partial charge in [-0.25, -0.2) is 0 Å². The van der Waals surface area contributed by atoms with Crippen LogP contribution in [0.1, 0.15) is 25.0 Å². The smallest absolute Gasteiger partial charge is 0.0686 e. The van der Waals surface area contributed by atoms with E-state index in [0.29, 0.717) is 0 Å².